The summed E-state index contributed by atoms with van der Waals surface area (Å²) >= 11 is 0. The molecule has 0 saturated carbocycles. The molecule has 0 aromatic carbocycles. The maximum atomic E-state index is 12.1. The molecule has 0 aromatic rings. The van der Waals surface area contributed by atoms with Gasteiger partial charge in [-0.2, -0.15) is 17.4 Å². The summed E-state index contributed by atoms with van der Waals surface area (Å²) in [6.07, 6.45) is -0.960. The lowest BCUT2D eigenvalue weighted by atomic mass is 10.3. The van der Waals surface area contributed by atoms with E-state index in [1.165, 1.54) is 20.8 Å². The number of carbonyl (C=O) groups is 1. The van der Waals surface area contributed by atoms with E-state index >= 15 is 0 Å². The Morgan fingerprint density at radius 2 is 2.13 bits per heavy atom. The molecule has 1 aliphatic heterocycles. The van der Waals surface area contributed by atoms with Gasteiger partial charge in [0.1, 0.15) is 6.67 Å². The Balaban J connectivity index is 2.83. The maximum Gasteiger partial charge on any atom is 0.430 e. The minimum atomic E-state index is -4.02. The normalized spacial score (nSPS) is 21.9. The van der Waals surface area contributed by atoms with Crippen molar-refractivity contribution in [3.05, 3.63) is 0 Å². The Morgan fingerprint density at radius 3 is 2.47 bits per heavy atom. The Morgan fingerprint density at radius 1 is 1.60 bits per heavy atom. The molecule has 0 aliphatic carbocycles. The molecular weight excluding hydrogens is 227 g/mol. The zero-order valence-corrected chi connectivity index (χ0v) is 9.47. The van der Waals surface area contributed by atoms with Crippen LogP contribution in [0.25, 0.3) is 0 Å². The Labute approximate surface area is 87.6 Å². The van der Waals surface area contributed by atoms with Crippen LogP contribution in [-0.4, -0.2) is 37.3 Å². The molecule has 1 aliphatic rings. The fourth-order valence-electron chi connectivity index (χ4n) is 1.20. The fourth-order valence-corrected chi connectivity index (χ4v) is 2.73. The summed E-state index contributed by atoms with van der Waals surface area (Å²) in [6, 6.07) is -0.876. The lowest BCUT2D eigenvalue weighted by Crippen LogP contribution is -2.67. The average Bonchev–Trinajstić information content (AvgIpc) is 1.99. The molecule has 1 unspecified atom stereocenters. The highest BCUT2D eigenvalue weighted by Gasteiger charge is 2.53. The van der Waals surface area contributed by atoms with E-state index in [9.17, 15) is 17.6 Å². The van der Waals surface area contributed by atoms with Gasteiger partial charge in [0.05, 0.1) is 0 Å². The van der Waals surface area contributed by atoms with Crippen molar-refractivity contribution in [3.63, 3.8) is 0 Å². The predicted octanol–water partition coefficient (Wildman–Crippen LogP) is 0.367. The number of nitrogens with zero attached hydrogens (tertiary/aromatic N) is 1. The molecule has 1 heterocycles. The second kappa shape index (κ2) is 3.60. The number of rotatable bonds is 4. The Bertz CT molecular complexity index is 367. The quantitative estimate of drug-likeness (QED) is 0.770. The van der Waals surface area contributed by atoms with E-state index in [4.69, 9.17) is 0 Å². The minimum Gasteiger partial charge on any atom is -0.421 e. The van der Waals surface area contributed by atoms with Crippen LogP contribution in [0.1, 0.15) is 20.8 Å². The number of alkyl halides is 1. The third-order valence-electron chi connectivity index (χ3n) is 1.81. The predicted molar refractivity (Wildman–Crippen MR) is 49.9 cm³/mol. The molecule has 1 saturated heterocycles. The standard InChI is InChI=1S/C7H13FN2O4S/c1-5(4-8)9-15(12,13)10-6(11)14-7(10,2)3/h5,9H,4H2,1-3H3. The summed E-state index contributed by atoms with van der Waals surface area (Å²) in [5, 5.41) is 0. The molecule has 15 heavy (non-hydrogen) atoms. The van der Waals surface area contributed by atoms with E-state index < -0.39 is 34.7 Å². The number of carbonyl (C=O) groups excluding carboxylic acids is 1. The van der Waals surface area contributed by atoms with E-state index in [1.807, 2.05) is 4.72 Å². The van der Waals surface area contributed by atoms with Crippen LogP contribution in [0.4, 0.5) is 9.18 Å². The first kappa shape index (κ1) is 12.2. The molecule has 8 heteroatoms. The Kier molecular flexibility index (Phi) is 2.92. The summed E-state index contributed by atoms with van der Waals surface area (Å²) in [4.78, 5) is 11.0. The van der Waals surface area contributed by atoms with Gasteiger partial charge in [-0.25, -0.2) is 9.18 Å². The monoisotopic (exact) mass is 240 g/mol. The number of hydrogen-bond donors (Lipinski definition) is 1. The topological polar surface area (TPSA) is 75.7 Å². The van der Waals surface area contributed by atoms with Gasteiger partial charge in [-0.05, 0) is 20.8 Å². The zero-order valence-electron chi connectivity index (χ0n) is 8.65. The molecule has 1 amide bonds. The van der Waals surface area contributed by atoms with Crippen LogP contribution in [0.2, 0.25) is 0 Å². The smallest absolute Gasteiger partial charge is 0.421 e. The molecule has 0 aromatic heterocycles. The fraction of sp³-hybridized carbons (Fsp3) is 0.857. The highest BCUT2D eigenvalue weighted by Crippen LogP contribution is 2.30. The zero-order chi connectivity index (χ0) is 11.9. The number of ether oxygens (including phenoxy) is 1. The van der Waals surface area contributed by atoms with Gasteiger partial charge < -0.3 is 4.74 Å². The first-order valence-electron chi connectivity index (χ1n) is 4.32. The van der Waals surface area contributed by atoms with Gasteiger partial charge in [0, 0.05) is 6.04 Å². The van der Waals surface area contributed by atoms with Crippen molar-refractivity contribution in [2.24, 2.45) is 0 Å². The van der Waals surface area contributed by atoms with Crippen molar-refractivity contribution in [2.75, 3.05) is 6.67 Å². The second-order valence-electron chi connectivity index (χ2n) is 3.76. The number of halogens is 1. The third kappa shape index (κ3) is 2.20. The van der Waals surface area contributed by atoms with Crippen molar-refractivity contribution in [2.45, 2.75) is 32.5 Å². The third-order valence-corrected chi connectivity index (χ3v) is 3.58. The summed E-state index contributed by atoms with van der Waals surface area (Å²) in [5.41, 5.74) is -1.21. The van der Waals surface area contributed by atoms with Gasteiger partial charge in [0.25, 0.3) is 0 Å². The summed E-state index contributed by atoms with van der Waals surface area (Å²) in [6.45, 7) is 3.36. The van der Waals surface area contributed by atoms with Gasteiger partial charge >= 0.3 is 16.3 Å². The van der Waals surface area contributed by atoms with Crippen molar-refractivity contribution in [3.8, 4) is 0 Å². The molecule has 88 valence electrons. The largest absolute Gasteiger partial charge is 0.430 e. The first-order valence-corrected chi connectivity index (χ1v) is 5.76. The molecule has 0 radical (unpaired) electrons. The van der Waals surface area contributed by atoms with E-state index in [-0.39, 0.29) is 0 Å². The van der Waals surface area contributed by atoms with Crippen molar-refractivity contribution >= 4 is 16.3 Å². The molecule has 1 atom stereocenters. The van der Waals surface area contributed by atoms with Crippen LogP contribution in [0.3, 0.4) is 0 Å². The van der Waals surface area contributed by atoms with Gasteiger partial charge in [-0.1, -0.05) is 0 Å². The summed E-state index contributed by atoms with van der Waals surface area (Å²) < 4.78 is 42.4. The Hall–Kier alpha value is -0.890. The minimum absolute atomic E-state index is 0.548. The van der Waals surface area contributed by atoms with Crippen LogP contribution < -0.4 is 4.72 Å². The van der Waals surface area contributed by atoms with E-state index in [0.717, 1.165) is 0 Å². The van der Waals surface area contributed by atoms with E-state index in [0.29, 0.717) is 4.31 Å². The van der Waals surface area contributed by atoms with Crippen molar-refractivity contribution in [1.29, 1.82) is 0 Å². The van der Waals surface area contributed by atoms with E-state index in [1.54, 1.807) is 0 Å². The number of amides is 1. The lowest BCUT2D eigenvalue weighted by molar-refractivity contribution is -0.118. The lowest BCUT2D eigenvalue weighted by Gasteiger charge is -2.44. The van der Waals surface area contributed by atoms with Crippen LogP contribution in [0, 0.1) is 0 Å². The molecule has 0 bridgehead atoms. The molecular formula is C7H13FN2O4S. The molecule has 1 N–H and O–H groups in total. The number of cyclic esters (lactones) is 1. The van der Waals surface area contributed by atoms with Crippen LogP contribution in [0.5, 0.6) is 0 Å². The highest BCUT2D eigenvalue weighted by atomic mass is 32.2. The molecule has 1 rings (SSSR count). The molecule has 6 nitrogen and oxygen atoms in total. The van der Waals surface area contributed by atoms with Gasteiger partial charge in [0.15, 0.2) is 0 Å². The van der Waals surface area contributed by atoms with Crippen LogP contribution in [-0.2, 0) is 14.9 Å². The SMILES string of the molecule is CC(CF)NS(=O)(=O)N1C(=O)OC1(C)C. The average molecular weight is 240 g/mol. The molecule has 1 fully saturated rings. The van der Waals surface area contributed by atoms with Gasteiger partial charge in [-0.15, -0.1) is 0 Å². The summed E-state index contributed by atoms with van der Waals surface area (Å²) in [7, 11) is -4.02. The number of hydrogen-bond acceptors (Lipinski definition) is 4. The summed E-state index contributed by atoms with van der Waals surface area (Å²) in [5.74, 6) is 0. The number of nitrogens with one attached hydrogen (secondary N) is 1. The van der Waals surface area contributed by atoms with Gasteiger partial charge in [-0.3, -0.25) is 0 Å². The second-order valence-corrected chi connectivity index (χ2v) is 5.31. The van der Waals surface area contributed by atoms with Crippen LogP contribution >= 0.6 is 0 Å². The molecule has 0 spiro atoms. The highest BCUT2D eigenvalue weighted by molar-refractivity contribution is 7.87. The van der Waals surface area contributed by atoms with E-state index in [2.05, 4.69) is 4.74 Å². The van der Waals surface area contributed by atoms with Crippen LogP contribution in [0.15, 0.2) is 0 Å². The van der Waals surface area contributed by atoms with Crippen molar-refractivity contribution in [1.82, 2.24) is 9.03 Å². The maximum absolute atomic E-state index is 12.1. The van der Waals surface area contributed by atoms with Crippen molar-refractivity contribution < 1.29 is 22.3 Å². The first-order chi connectivity index (χ1) is 6.70. The van der Waals surface area contributed by atoms with Gasteiger partial charge in [0.2, 0.25) is 5.72 Å².